The summed E-state index contributed by atoms with van der Waals surface area (Å²) in [5, 5.41) is 0.362. The average molecular weight is 380 g/mol. The fourth-order valence-electron chi connectivity index (χ4n) is 2.07. The smallest absolute Gasteiger partial charge is 0.241 e. The molecule has 126 valence electrons. The fraction of sp³-hybridized carbons (Fsp3) is 0.385. The molecule has 10 heteroatoms. The van der Waals surface area contributed by atoms with Gasteiger partial charge in [-0.25, -0.2) is 13.1 Å². The first-order valence-electron chi connectivity index (χ1n) is 6.75. The topological polar surface area (TPSA) is 86.8 Å². The average Bonchev–Trinajstić information content (AvgIpc) is 2.55. The lowest BCUT2D eigenvalue weighted by Gasteiger charge is -2.32. The van der Waals surface area contributed by atoms with Crippen LogP contribution in [0.15, 0.2) is 23.1 Å². The Labute approximate surface area is 144 Å². The van der Waals surface area contributed by atoms with Gasteiger partial charge in [-0.1, -0.05) is 23.2 Å². The van der Waals surface area contributed by atoms with Gasteiger partial charge in [0.2, 0.25) is 22.3 Å². The first-order valence-corrected chi connectivity index (χ1v) is 8.99. The predicted octanol–water partition coefficient (Wildman–Crippen LogP) is 0.572. The van der Waals surface area contributed by atoms with Crippen LogP contribution < -0.4 is 4.72 Å². The van der Waals surface area contributed by atoms with Crippen molar-refractivity contribution >= 4 is 45.5 Å². The van der Waals surface area contributed by atoms with E-state index < -0.39 is 10.0 Å². The van der Waals surface area contributed by atoms with Crippen LogP contribution in [0.4, 0.5) is 0 Å². The SMILES string of the molecule is O=CN1CCN(C(=O)CNS(=O)(=O)c2ccc(Cl)c(Cl)c2)CC1. The number of hydrogen-bond acceptors (Lipinski definition) is 4. The van der Waals surface area contributed by atoms with Crippen molar-refractivity contribution < 1.29 is 18.0 Å². The van der Waals surface area contributed by atoms with Crippen molar-refractivity contribution in [3.8, 4) is 0 Å². The second kappa shape index (κ2) is 7.48. The number of rotatable bonds is 5. The molecule has 1 saturated heterocycles. The molecule has 0 aromatic heterocycles. The first-order chi connectivity index (χ1) is 10.8. The van der Waals surface area contributed by atoms with Gasteiger partial charge in [-0.15, -0.1) is 0 Å². The highest BCUT2D eigenvalue weighted by atomic mass is 35.5. The molecule has 2 rings (SSSR count). The fourth-order valence-corrected chi connectivity index (χ4v) is 3.44. The Kier molecular flexibility index (Phi) is 5.85. The van der Waals surface area contributed by atoms with Crippen LogP contribution in [0.1, 0.15) is 0 Å². The summed E-state index contributed by atoms with van der Waals surface area (Å²) in [5.74, 6) is -0.348. The molecule has 0 aliphatic carbocycles. The summed E-state index contributed by atoms with van der Waals surface area (Å²) in [5.41, 5.74) is 0. The van der Waals surface area contributed by atoms with Gasteiger partial charge in [0.1, 0.15) is 0 Å². The van der Waals surface area contributed by atoms with E-state index in [0.717, 1.165) is 6.41 Å². The summed E-state index contributed by atoms with van der Waals surface area (Å²) < 4.78 is 26.5. The summed E-state index contributed by atoms with van der Waals surface area (Å²) in [6.45, 7) is 1.28. The lowest BCUT2D eigenvalue weighted by atomic mass is 10.3. The largest absolute Gasteiger partial charge is 0.342 e. The number of nitrogens with one attached hydrogen (secondary N) is 1. The second-order valence-corrected chi connectivity index (χ2v) is 7.50. The van der Waals surface area contributed by atoms with Crippen LogP contribution in [0.5, 0.6) is 0 Å². The van der Waals surface area contributed by atoms with E-state index in [9.17, 15) is 18.0 Å². The first kappa shape index (κ1) is 18.0. The van der Waals surface area contributed by atoms with Crippen LogP contribution in [0.2, 0.25) is 10.0 Å². The molecule has 1 fully saturated rings. The van der Waals surface area contributed by atoms with Gasteiger partial charge in [-0.05, 0) is 18.2 Å². The maximum atomic E-state index is 12.1. The van der Waals surface area contributed by atoms with E-state index in [2.05, 4.69) is 4.72 Å². The number of carbonyl (C=O) groups excluding carboxylic acids is 2. The van der Waals surface area contributed by atoms with E-state index in [-0.39, 0.29) is 27.4 Å². The van der Waals surface area contributed by atoms with Crippen LogP contribution in [-0.2, 0) is 19.6 Å². The Bertz CT molecular complexity index is 703. The third kappa shape index (κ3) is 4.57. The van der Waals surface area contributed by atoms with Gasteiger partial charge in [0, 0.05) is 26.2 Å². The minimum Gasteiger partial charge on any atom is -0.342 e. The number of sulfonamides is 1. The maximum absolute atomic E-state index is 12.1. The summed E-state index contributed by atoms with van der Waals surface area (Å²) in [4.78, 5) is 25.7. The van der Waals surface area contributed by atoms with E-state index in [1.165, 1.54) is 23.1 Å². The summed E-state index contributed by atoms with van der Waals surface area (Å²) >= 11 is 11.5. The second-order valence-electron chi connectivity index (χ2n) is 4.92. The van der Waals surface area contributed by atoms with E-state index in [1.807, 2.05) is 0 Å². The molecule has 1 aromatic carbocycles. The molecule has 0 saturated carbocycles. The Morgan fingerprint density at radius 1 is 1.17 bits per heavy atom. The Morgan fingerprint density at radius 3 is 2.39 bits per heavy atom. The lowest BCUT2D eigenvalue weighted by Crippen LogP contribution is -2.50. The van der Waals surface area contributed by atoms with Crippen molar-refractivity contribution in [2.45, 2.75) is 4.90 Å². The lowest BCUT2D eigenvalue weighted by molar-refractivity contribution is -0.134. The number of hydrogen-bond donors (Lipinski definition) is 1. The number of benzene rings is 1. The van der Waals surface area contributed by atoms with Gasteiger partial charge in [0.05, 0.1) is 21.5 Å². The van der Waals surface area contributed by atoms with E-state index >= 15 is 0 Å². The zero-order valence-electron chi connectivity index (χ0n) is 12.0. The third-order valence-corrected chi connectivity index (χ3v) is 5.57. The van der Waals surface area contributed by atoms with Gasteiger partial charge in [0.15, 0.2) is 0 Å². The molecule has 0 unspecified atom stereocenters. The number of halogens is 2. The summed E-state index contributed by atoms with van der Waals surface area (Å²) in [6, 6.07) is 3.91. The van der Waals surface area contributed by atoms with Gasteiger partial charge in [0.25, 0.3) is 0 Å². The van der Waals surface area contributed by atoms with Gasteiger partial charge < -0.3 is 9.80 Å². The molecule has 0 bridgehead atoms. The molecule has 1 aliphatic heterocycles. The summed E-state index contributed by atoms with van der Waals surface area (Å²) in [6.07, 6.45) is 0.731. The third-order valence-electron chi connectivity index (χ3n) is 3.43. The number of carbonyl (C=O) groups is 2. The van der Waals surface area contributed by atoms with Crippen molar-refractivity contribution in [1.29, 1.82) is 0 Å². The van der Waals surface area contributed by atoms with Gasteiger partial charge >= 0.3 is 0 Å². The predicted molar refractivity (Wildman–Crippen MR) is 85.9 cm³/mol. The minimum atomic E-state index is -3.86. The monoisotopic (exact) mass is 379 g/mol. The molecule has 23 heavy (non-hydrogen) atoms. The Balaban J connectivity index is 1.95. The molecule has 0 atom stereocenters. The van der Waals surface area contributed by atoms with E-state index in [4.69, 9.17) is 23.2 Å². The molecule has 1 aromatic rings. The Morgan fingerprint density at radius 2 is 1.83 bits per heavy atom. The molecular weight excluding hydrogens is 365 g/mol. The van der Waals surface area contributed by atoms with Crippen LogP contribution in [0.25, 0.3) is 0 Å². The van der Waals surface area contributed by atoms with Crippen LogP contribution >= 0.6 is 23.2 Å². The Hall–Kier alpha value is -1.35. The molecular formula is C13H15Cl2N3O4S. The minimum absolute atomic E-state index is 0.0644. The van der Waals surface area contributed by atoms with Crippen molar-refractivity contribution in [2.24, 2.45) is 0 Å². The molecule has 1 aliphatic rings. The highest BCUT2D eigenvalue weighted by molar-refractivity contribution is 7.89. The van der Waals surface area contributed by atoms with Crippen molar-refractivity contribution in [3.63, 3.8) is 0 Å². The maximum Gasteiger partial charge on any atom is 0.241 e. The van der Waals surface area contributed by atoms with Crippen LogP contribution in [0, 0.1) is 0 Å². The standard InChI is InChI=1S/C13H15Cl2N3O4S/c14-11-2-1-10(7-12(11)15)23(21,22)16-8-13(20)18-5-3-17(9-19)4-6-18/h1-2,7,9,16H,3-6,8H2. The zero-order valence-corrected chi connectivity index (χ0v) is 14.4. The molecule has 1 N–H and O–H groups in total. The highest BCUT2D eigenvalue weighted by Crippen LogP contribution is 2.24. The molecule has 0 spiro atoms. The highest BCUT2D eigenvalue weighted by Gasteiger charge is 2.22. The van der Waals surface area contributed by atoms with E-state index in [1.54, 1.807) is 4.90 Å². The quantitative estimate of drug-likeness (QED) is 0.757. The van der Waals surface area contributed by atoms with Crippen LogP contribution in [0.3, 0.4) is 0 Å². The number of amides is 2. The van der Waals surface area contributed by atoms with Crippen LogP contribution in [-0.4, -0.2) is 63.3 Å². The van der Waals surface area contributed by atoms with Gasteiger partial charge in [-0.3, -0.25) is 9.59 Å². The van der Waals surface area contributed by atoms with Crippen molar-refractivity contribution in [1.82, 2.24) is 14.5 Å². The normalized spacial score (nSPS) is 15.6. The van der Waals surface area contributed by atoms with Crippen molar-refractivity contribution in [3.05, 3.63) is 28.2 Å². The molecule has 7 nitrogen and oxygen atoms in total. The van der Waals surface area contributed by atoms with Gasteiger partial charge in [-0.2, -0.15) is 0 Å². The molecule has 0 radical (unpaired) electrons. The molecule has 2 amide bonds. The van der Waals surface area contributed by atoms with Crippen molar-refractivity contribution in [2.75, 3.05) is 32.7 Å². The number of piperazine rings is 1. The zero-order chi connectivity index (χ0) is 17.0. The molecule has 1 heterocycles. The summed E-state index contributed by atoms with van der Waals surface area (Å²) in [7, 11) is -3.86. The van der Waals surface area contributed by atoms with E-state index in [0.29, 0.717) is 26.2 Å². The number of nitrogens with zero attached hydrogens (tertiary/aromatic N) is 2.